The molecule has 1 rings (SSSR count). The number of amides is 1. The second kappa shape index (κ2) is 6.83. The van der Waals surface area contributed by atoms with Gasteiger partial charge in [0, 0.05) is 7.05 Å². The molecule has 3 nitrogen and oxygen atoms in total. The molecule has 3 heteroatoms. The van der Waals surface area contributed by atoms with Crippen LogP contribution in [0.2, 0.25) is 0 Å². The monoisotopic (exact) mass is 212 g/mol. The maximum absolute atomic E-state index is 11.2. The second-order valence-corrected chi connectivity index (χ2v) is 4.58. The zero-order chi connectivity index (χ0) is 11.1. The lowest BCUT2D eigenvalue weighted by Gasteiger charge is -2.22. The molecule has 0 aliphatic heterocycles. The minimum Gasteiger partial charge on any atom is -0.358 e. The van der Waals surface area contributed by atoms with Gasteiger partial charge in [0.05, 0.1) is 6.04 Å². The Morgan fingerprint density at radius 3 is 2.60 bits per heavy atom. The van der Waals surface area contributed by atoms with Crippen molar-refractivity contribution in [1.82, 2.24) is 10.6 Å². The van der Waals surface area contributed by atoms with Crippen molar-refractivity contribution in [3.8, 4) is 0 Å². The maximum atomic E-state index is 11.2. The highest BCUT2D eigenvalue weighted by atomic mass is 16.2. The molecule has 1 unspecified atom stereocenters. The van der Waals surface area contributed by atoms with Crippen molar-refractivity contribution in [2.75, 3.05) is 13.6 Å². The van der Waals surface area contributed by atoms with Crippen LogP contribution in [0.5, 0.6) is 0 Å². The van der Waals surface area contributed by atoms with E-state index < -0.39 is 0 Å². The highest BCUT2D eigenvalue weighted by Crippen LogP contribution is 2.25. The van der Waals surface area contributed by atoms with Crippen molar-refractivity contribution < 1.29 is 4.79 Å². The lowest BCUT2D eigenvalue weighted by atomic mass is 9.87. The third kappa shape index (κ3) is 4.65. The van der Waals surface area contributed by atoms with Crippen LogP contribution in [0.25, 0.3) is 0 Å². The Bertz CT molecular complexity index is 188. The number of hydrogen-bond acceptors (Lipinski definition) is 2. The van der Waals surface area contributed by atoms with Crippen molar-refractivity contribution >= 4 is 5.91 Å². The molecule has 0 radical (unpaired) electrons. The van der Waals surface area contributed by atoms with Crippen LogP contribution in [-0.4, -0.2) is 25.5 Å². The molecule has 1 aliphatic rings. The molecule has 0 spiro atoms. The quantitative estimate of drug-likeness (QED) is 0.728. The molecule has 0 bridgehead atoms. The first-order chi connectivity index (χ1) is 7.24. The van der Waals surface area contributed by atoms with E-state index in [1.807, 2.05) is 6.92 Å². The Morgan fingerprint density at radius 2 is 2.00 bits per heavy atom. The average molecular weight is 212 g/mol. The molecule has 0 heterocycles. The van der Waals surface area contributed by atoms with E-state index in [2.05, 4.69) is 10.6 Å². The number of carbonyl (C=O) groups is 1. The van der Waals surface area contributed by atoms with Gasteiger partial charge in [0.2, 0.25) is 5.91 Å². The molecule has 0 aromatic rings. The Hall–Kier alpha value is -0.570. The summed E-state index contributed by atoms with van der Waals surface area (Å²) in [6.45, 7) is 2.89. The summed E-state index contributed by atoms with van der Waals surface area (Å²) in [5.41, 5.74) is 0. The van der Waals surface area contributed by atoms with Crippen molar-refractivity contribution in [3.63, 3.8) is 0 Å². The molecule has 0 aromatic carbocycles. The Balaban J connectivity index is 2.07. The van der Waals surface area contributed by atoms with E-state index >= 15 is 0 Å². The highest BCUT2D eigenvalue weighted by Gasteiger charge is 2.14. The van der Waals surface area contributed by atoms with Crippen LogP contribution in [0.3, 0.4) is 0 Å². The summed E-state index contributed by atoms with van der Waals surface area (Å²) in [6, 6.07) is -0.0569. The average Bonchev–Trinajstić information content (AvgIpc) is 2.29. The topological polar surface area (TPSA) is 41.1 Å². The smallest absolute Gasteiger partial charge is 0.236 e. The first-order valence-electron chi connectivity index (χ1n) is 6.19. The fourth-order valence-electron chi connectivity index (χ4n) is 2.29. The molecule has 0 aromatic heterocycles. The standard InChI is InChI=1S/C12H24N2O/c1-10(12(15)13-2)14-9-8-11-6-4-3-5-7-11/h10-11,14H,3-9H2,1-2H3,(H,13,15). The third-order valence-corrected chi connectivity index (χ3v) is 3.37. The molecular formula is C12H24N2O. The molecule has 1 saturated carbocycles. The second-order valence-electron chi connectivity index (χ2n) is 4.58. The first kappa shape index (κ1) is 12.5. The fourth-order valence-corrected chi connectivity index (χ4v) is 2.29. The summed E-state index contributed by atoms with van der Waals surface area (Å²) in [6.07, 6.45) is 8.21. The van der Waals surface area contributed by atoms with E-state index in [9.17, 15) is 4.79 Å². The third-order valence-electron chi connectivity index (χ3n) is 3.37. The van der Waals surface area contributed by atoms with Crippen LogP contribution in [0.1, 0.15) is 45.4 Å². The SMILES string of the molecule is CNC(=O)C(C)NCCC1CCCCC1. The minimum absolute atomic E-state index is 0.0569. The predicted molar refractivity (Wildman–Crippen MR) is 62.7 cm³/mol. The van der Waals surface area contributed by atoms with Gasteiger partial charge in [0.1, 0.15) is 0 Å². The highest BCUT2D eigenvalue weighted by molar-refractivity contribution is 5.80. The van der Waals surface area contributed by atoms with E-state index in [1.54, 1.807) is 7.05 Å². The maximum Gasteiger partial charge on any atom is 0.236 e. The molecule has 0 saturated heterocycles. The van der Waals surface area contributed by atoms with Gasteiger partial charge in [-0.15, -0.1) is 0 Å². The van der Waals surface area contributed by atoms with Crippen LogP contribution in [0.4, 0.5) is 0 Å². The molecule has 2 N–H and O–H groups in total. The molecule has 1 aliphatic carbocycles. The summed E-state index contributed by atoms with van der Waals surface area (Å²) in [5, 5.41) is 5.92. The van der Waals surface area contributed by atoms with Gasteiger partial charge >= 0.3 is 0 Å². The number of rotatable bonds is 5. The van der Waals surface area contributed by atoms with Crippen LogP contribution >= 0.6 is 0 Å². The molecule has 15 heavy (non-hydrogen) atoms. The van der Waals surface area contributed by atoms with Crippen LogP contribution in [-0.2, 0) is 4.79 Å². The number of hydrogen-bond donors (Lipinski definition) is 2. The van der Waals surface area contributed by atoms with E-state index in [-0.39, 0.29) is 11.9 Å². The van der Waals surface area contributed by atoms with Crippen molar-refractivity contribution in [1.29, 1.82) is 0 Å². The van der Waals surface area contributed by atoms with Gasteiger partial charge in [-0.25, -0.2) is 0 Å². The lowest BCUT2D eigenvalue weighted by Crippen LogP contribution is -2.41. The Labute approximate surface area is 93.0 Å². The van der Waals surface area contributed by atoms with E-state index in [4.69, 9.17) is 0 Å². The Kier molecular flexibility index (Phi) is 5.69. The van der Waals surface area contributed by atoms with Gasteiger partial charge in [-0.2, -0.15) is 0 Å². The van der Waals surface area contributed by atoms with Crippen molar-refractivity contribution in [3.05, 3.63) is 0 Å². The molecular weight excluding hydrogens is 188 g/mol. The van der Waals surface area contributed by atoms with Crippen LogP contribution < -0.4 is 10.6 Å². The molecule has 1 atom stereocenters. The molecule has 1 fully saturated rings. The molecule has 88 valence electrons. The van der Waals surface area contributed by atoms with Crippen molar-refractivity contribution in [2.45, 2.75) is 51.5 Å². The Morgan fingerprint density at radius 1 is 1.33 bits per heavy atom. The first-order valence-corrected chi connectivity index (χ1v) is 6.19. The zero-order valence-electron chi connectivity index (χ0n) is 10.0. The summed E-state index contributed by atoms with van der Waals surface area (Å²) < 4.78 is 0. The minimum atomic E-state index is -0.0569. The van der Waals surface area contributed by atoms with Gasteiger partial charge in [-0.3, -0.25) is 4.79 Å². The van der Waals surface area contributed by atoms with Gasteiger partial charge in [0.25, 0.3) is 0 Å². The largest absolute Gasteiger partial charge is 0.358 e. The van der Waals surface area contributed by atoms with Crippen molar-refractivity contribution in [2.24, 2.45) is 5.92 Å². The van der Waals surface area contributed by atoms with E-state index in [0.717, 1.165) is 12.5 Å². The van der Waals surface area contributed by atoms with Gasteiger partial charge in [0.15, 0.2) is 0 Å². The van der Waals surface area contributed by atoms with E-state index in [1.165, 1.54) is 38.5 Å². The number of likely N-dealkylation sites (N-methyl/N-ethyl adjacent to an activating group) is 1. The predicted octanol–water partition coefficient (Wildman–Crippen LogP) is 1.68. The molecule has 1 amide bonds. The summed E-state index contributed by atoms with van der Waals surface area (Å²) >= 11 is 0. The van der Waals surface area contributed by atoms with Crippen LogP contribution in [0.15, 0.2) is 0 Å². The van der Waals surface area contributed by atoms with Gasteiger partial charge < -0.3 is 10.6 Å². The van der Waals surface area contributed by atoms with Crippen LogP contribution in [0, 0.1) is 5.92 Å². The van der Waals surface area contributed by atoms with E-state index in [0.29, 0.717) is 0 Å². The number of nitrogens with one attached hydrogen (secondary N) is 2. The fraction of sp³-hybridized carbons (Fsp3) is 0.917. The lowest BCUT2D eigenvalue weighted by molar-refractivity contribution is -0.122. The zero-order valence-corrected chi connectivity index (χ0v) is 10.0. The van der Waals surface area contributed by atoms with Gasteiger partial charge in [-0.1, -0.05) is 32.1 Å². The summed E-state index contributed by atoms with van der Waals surface area (Å²) in [4.78, 5) is 11.2. The van der Waals surface area contributed by atoms with Gasteiger partial charge in [-0.05, 0) is 25.8 Å². The summed E-state index contributed by atoms with van der Waals surface area (Å²) in [5.74, 6) is 0.974. The number of carbonyl (C=O) groups excluding carboxylic acids is 1. The normalized spacial score (nSPS) is 19.9. The summed E-state index contributed by atoms with van der Waals surface area (Å²) in [7, 11) is 1.68.